The SMILES string of the molecule is O=CC(Cl)Cc1cc(Cl)ccc1Cl. The molecule has 0 heterocycles. The summed E-state index contributed by atoms with van der Waals surface area (Å²) in [5.41, 5.74) is 0.793. The van der Waals surface area contributed by atoms with Gasteiger partial charge in [0.1, 0.15) is 6.29 Å². The first-order valence-electron chi connectivity index (χ1n) is 3.67. The van der Waals surface area contributed by atoms with Gasteiger partial charge in [-0.25, -0.2) is 0 Å². The van der Waals surface area contributed by atoms with Crippen molar-refractivity contribution >= 4 is 41.1 Å². The highest BCUT2D eigenvalue weighted by Crippen LogP contribution is 2.22. The van der Waals surface area contributed by atoms with Gasteiger partial charge in [-0.1, -0.05) is 23.2 Å². The van der Waals surface area contributed by atoms with Crippen LogP contribution in [0, 0.1) is 0 Å². The zero-order valence-electron chi connectivity index (χ0n) is 6.64. The Morgan fingerprint density at radius 1 is 1.38 bits per heavy atom. The highest BCUT2D eigenvalue weighted by atomic mass is 35.5. The van der Waals surface area contributed by atoms with E-state index in [2.05, 4.69) is 0 Å². The Balaban J connectivity index is 2.86. The molecule has 0 aliphatic rings. The average Bonchev–Trinajstić information content (AvgIpc) is 2.11. The van der Waals surface area contributed by atoms with Gasteiger partial charge in [-0.15, -0.1) is 11.6 Å². The number of rotatable bonds is 3. The number of carbonyl (C=O) groups excluding carboxylic acids is 1. The van der Waals surface area contributed by atoms with Gasteiger partial charge < -0.3 is 4.79 Å². The van der Waals surface area contributed by atoms with E-state index in [1.165, 1.54) is 0 Å². The van der Waals surface area contributed by atoms with E-state index >= 15 is 0 Å². The van der Waals surface area contributed by atoms with Crippen LogP contribution < -0.4 is 0 Å². The van der Waals surface area contributed by atoms with Gasteiger partial charge >= 0.3 is 0 Å². The highest BCUT2D eigenvalue weighted by molar-refractivity contribution is 6.34. The lowest BCUT2D eigenvalue weighted by Gasteiger charge is -2.05. The van der Waals surface area contributed by atoms with Gasteiger partial charge in [0.2, 0.25) is 0 Å². The minimum atomic E-state index is -0.545. The van der Waals surface area contributed by atoms with E-state index in [1.54, 1.807) is 18.2 Å². The van der Waals surface area contributed by atoms with Gasteiger partial charge in [0.25, 0.3) is 0 Å². The molecule has 0 saturated heterocycles. The maximum atomic E-state index is 10.3. The Morgan fingerprint density at radius 3 is 2.69 bits per heavy atom. The molecular formula is C9H7Cl3O. The Labute approximate surface area is 91.6 Å². The van der Waals surface area contributed by atoms with Crippen LogP contribution >= 0.6 is 34.8 Å². The lowest BCUT2D eigenvalue weighted by Crippen LogP contribution is -2.04. The van der Waals surface area contributed by atoms with Crippen molar-refractivity contribution < 1.29 is 4.79 Å². The molecule has 0 aliphatic carbocycles. The van der Waals surface area contributed by atoms with E-state index in [1.807, 2.05) is 0 Å². The second-order valence-electron chi connectivity index (χ2n) is 2.59. The van der Waals surface area contributed by atoms with Crippen LogP contribution in [0.5, 0.6) is 0 Å². The summed E-state index contributed by atoms with van der Waals surface area (Å²) >= 11 is 17.3. The number of benzene rings is 1. The fraction of sp³-hybridized carbons (Fsp3) is 0.222. The van der Waals surface area contributed by atoms with E-state index in [0.29, 0.717) is 22.8 Å². The lowest BCUT2D eigenvalue weighted by molar-refractivity contribution is -0.107. The summed E-state index contributed by atoms with van der Waals surface area (Å²) in [5, 5.41) is 0.627. The molecule has 4 heteroatoms. The molecule has 1 atom stereocenters. The second-order valence-corrected chi connectivity index (χ2v) is 4.00. The third kappa shape index (κ3) is 3.18. The molecule has 0 fully saturated rings. The largest absolute Gasteiger partial charge is 0.302 e. The monoisotopic (exact) mass is 236 g/mol. The summed E-state index contributed by atoms with van der Waals surface area (Å²) in [6.07, 6.45) is 1.09. The van der Waals surface area contributed by atoms with E-state index in [4.69, 9.17) is 34.8 Å². The molecule has 0 aliphatic heterocycles. The normalized spacial score (nSPS) is 12.5. The number of hydrogen-bond acceptors (Lipinski definition) is 1. The van der Waals surface area contributed by atoms with Crippen molar-refractivity contribution in [2.75, 3.05) is 0 Å². The van der Waals surface area contributed by atoms with E-state index in [-0.39, 0.29) is 0 Å². The summed E-state index contributed by atoms with van der Waals surface area (Å²) in [7, 11) is 0. The van der Waals surface area contributed by atoms with E-state index in [9.17, 15) is 4.79 Å². The topological polar surface area (TPSA) is 17.1 Å². The Hall–Kier alpha value is -0.240. The summed E-state index contributed by atoms with van der Waals surface area (Å²) in [6.45, 7) is 0. The molecule has 1 rings (SSSR count). The Bertz CT molecular complexity index is 312. The third-order valence-electron chi connectivity index (χ3n) is 1.57. The average molecular weight is 238 g/mol. The van der Waals surface area contributed by atoms with Crippen molar-refractivity contribution in [1.82, 2.24) is 0 Å². The van der Waals surface area contributed by atoms with Gasteiger partial charge in [0.05, 0.1) is 5.38 Å². The molecule has 70 valence electrons. The molecular weight excluding hydrogens is 230 g/mol. The number of hydrogen-bond donors (Lipinski definition) is 0. The number of aldehydes is 1. The number of alkyl halides is 1. The van der Waals surface area contributed by atoms with Crippen LogP contribution in [-0.2, 0) is 11.2 Å². The van der Waals surface area contributed by atoms with E-state index < -0.39 is 5.38 Å². The van der Waals surface area contributed by atoms with Crippen molar-refractivity contribution in [2.24, 2.45) is 0 Å². The van der Waals surface area contributed by atoms with Gasteiger partial charge in [-0.2, -0.15) is 0 Å². The van der Waals surface area contributed by atoms with Crippen LogP contribution in [0.2, 0.25) is 10.0 Å². The van der Waals surface area contributed by atoms with Crippen molar-refractivity contribution in [3.05, 3.63) is 33.8 Å². The summed E-state index contributed by atoms with van der Waals surface area (Å²) in [6, 6.07) is 5.09. The van der Waals surface area contributed by atoms with Crippen LogP contribution in [0.1, 0.15) is 5.56 Å². The first-order chi connectivity index (χ1) is 6.13. The molecule has 0 amide bonds. The standard InChI is InChI=1S/C9H7Cl3O/c10-7-1-2-9(12)6(3-7)4-8(11)5-13/h1-3,5,8H,4H2. The van der Waals surface area contributed by atoms with Gasteiger partial charge in [-0.3, -0.25) is 0 Å². The molecule has 0 radical (unpaired) electrons. The number of halogens is 3. The molecule has 1 aromatic carbocycles. The molecule has 1 unspecified atom stereocenters. The fourth-order valence-corrected chi connectivity index (χ4v) is 1.51. The highest BCUT2D eigenvalue weighted by Gasteiger charge is 2.07. The van der Waals surface area contributed by atoms with Crippen LogP contribution in [0.3, 0.4) is 0 Å². The molecule has 0 N–H and O–H groups in total. The first kappa shape index (κ1) is 10.8. The van der Waals surface area contributed by atoms with Crippen molar-refractivity contribution in [3.8, 4) is 0 Å². The Morgan fingerprint density at radius 2 is 2.08 bits per heavy atom. The molecule has 0 aromatic heterocycles. The quantitative estimate of drug-likeness (QED) is 0.582. The molecule has 13 heavy (non-hydrogen) atoms. The maximum Gasteiger partial charge on any atom is 0.138 e. The van der Waals surface area contributed by atoms with Gasteiger partial charge in [0.15, 0.2) is 0 Å². The van der Waals surface area contributed by atoms with Crippen LogP contribution in [0.4, 0.5) is 0 Å². The molecule has 0 saturated carbocycles. The zero-order chi connectivity index (χ0) is 9.84. The van der Waals surface area contributed by atoms with Crippen LogP contribution in [0.25, 0.3) is 0 Å². The zero-order valence-corrected chi connectivity index (χ0v) is 8.90. The second kappa shape index (κ2) is 4.85. The van der Waals surface area contributed by atoms with Crippen LogP contribution in [-0.4, -0.2) is 11.7 Å². The smallest absolute Gasteiger partial charge is 0.138 e. The molecule has 1 aromatic rings. The first-order valence-corrected chi connectivity index (χ1v) is 4.86. The van der Waals surface area contributed by atoms with Gasteiger partial charge in [0, 0.05) is 10.0 Å². The minimum absolute atomic E-state index is 0.407. The number of carbonyl (C=O) groups is 1. The lowest BCUT2D eigenvalue weighted by atomic mass is 10.1. The maximum absolute atomic E-state index is 10.3. The summed E-state index contributed by atoms with van der Waals surface area (Å²) < 4.78 is 0. The van der Waals surface area contributed by atoms with Gasteiger partial charge in [-0.05, 0) is 30.2 Å². The fourth-order valence-electron chi connectivity index (χ4n) is 0.958. The predicted octanol–water partition coefficient (Wildman–Crippen LogP) is 3.34. The Kier molecular flexibility index (Phi) is 4.04. The third-order valence-corrected chi connectivity index (χ3v) is 2.43. The van der Waals surface area contributed by atoms with Crippen LogP contribution in [0.15, 0.2) is 18.2 Å². The summed E-state index contributed by atoms with van der Waals surface area (Å²) in [4.78, 5) is 10.3. The molecule has 0 bridgehead atoms. The molecule has 0 spiro atoms. The van der Waals surface area contributed by atoms with Crippen molar-refractivity contribution in [2.45, 2.75) is 11.8 Å². The predicted molar refractivity (Wildman–Crippen MR) is 55.9 cm³/mol. The van der Waals surface area contributed by atoms with Crippen molar-refractivity contribution in [3.63, 3.8) is 0 Å². The molecule has 1 nitrogen and oxygen atoms in total. The summed E-state index contributed by atoms with van der Waals surface area (Å²) in [5.74, 6) is 0. The van der Waals surface area contributed by atoms with E-state index in [0.717, 1.165) is 5.56 Å². The van der Waals surface area contributed by atoms with Crippen molar-refractivity contribution in [1.29, 1.82) is 0 Å². The minimum Gasteiger partial charge on any atom is -0.302 e.